The van der Waals surface area contributed by atoms with Crippen LogP contribution in [-0.2, 0) is 4.79 Å². The smallest absolute Gasteiger partial charge is 0.160 e. The van der Waals surface area contributed by atoms with Crippen molar-refractivity contribution in [2.75, 3.05) is 0 Å². The van der Waals surface area contributed by atoms with Crippen LogP contribution in [0.1, 0.15) is 0 Å². The molecule has 0 aliphatic rings. The zero-order valence-corrected chi connectivity index (χ0v) is 5.52. The number of carbonyl (C=O) groups excluding carboxylic acids is 1. The van der Waals surface area contributed by atoms with E-state index in [1.54, 1.807) is 0 Å². The predicted molar refractivity (Wildman–Crippen MR) is 33.4 cm³/mol. The molecular weight excluding hydrogens is 198 g/mol. The molecule has 1 nitrogen and oxygen atoms in total. The average Bonchev–Trinajstić information content (AvgIpc) is 1.38. The molecule has 0 aliphatic heterocycles. The minimum atomic E-state index is 0.600. The number of hydrogen-bond acceptors (Lipinski definition) is 1. The van der Waals surface area contributed by atoms with Gasteiger partial charge in [0.25, 0.3) is 0 Å². The van der Waals surface area contributed by atoms with Crippen LogP contribution in [0.4, 0.5) is 0 Å². The molecular formula is C2H2IOP. The molecule has 0 atom stereocenters. The number of carbonyl (C=O) groups is 1. The number of aldehydes is 1. The molecule has 3 heteroatoms. The third-order valence-corrected chi connectivity index (χ3v) is 0.476. The molecule has 0 bridgehead atoms. The van der Waals surface area contributed by atoms with Gasteiger partial charge in [0.2, 0.25) is 0 Å². The topological polar surface area (TPSA) is 17.1 Å². The Morgan fingerprint density at radius 2 is 2.20 bits per heavy atom. The van der Waals surface area contributed by atoms with E-state index in [4.69, 9.17) is 0 Å². The van der Waals surface area contributed by atoms with Crippen molar-refractivity contribution in [3.63, 3.8) is 0 Å². The Morgan fingerprint density at radius 1 is 2.00 bits per heavy atom. The molecule has 0 aliphatic carbocycles. The maximum absolute atomic E-state index is 9.41. The van der Waals surface area contributed by atoms with Gasteiger partial charge in [0.05, 0.1) is 3.30 Å². The van der Waals surface area contributed by atoms with Gasteiger partial charge in [-0.3, -0.25) is 4.79 Å². The SMILES string of the molecule is O=CC(=P)I. The van der Waals surface area contributed by atoms with Crippen molar-refractivity contribution in [3.8, 4) is 0 Å². The van der Waals surface area contributed by atoms with Crippen LogP contribution in [0.15, 0.2) is 0 Å². The highest BCUT2D eigenvalue weighted by Gasteiger charge is 1.70. The van der Waals surface area contributed by atoms with E-state index in [1.165, 1.54) is 0 Å². The fraction of sp³-hybridized carbons (Fsp3) is 0. The van der Waals surface area contributed by atoms with Crippen LogP contribution < -0.4 is 0 Å². The highest BCUT2D eigenvalue weighted by molar-refractivity contribution is 14.1. The molecule has 0 aromatic carbocycles. The van der Waals surface area contributed by atoms with Crippen LogP contribution in [0.3, 0.4) is 0 Å². The normalized spacial score (nSPS) is 6.60. The van der Waals surface area contributed by atoms with Crippen LogP contribution in [-0.4, -0.2) is 9.59 Å². The minimum absolute atomic E-state index is 0.600. The second kappa shape index (κ2) is 2.79. The molecule has 0 aromatic rings. The minimum Gasteiger partial charge on any atom is -0.297 e. The van der Waals surface area contributed by atoms with Crippen LogP contribution >= 0.6 is 31.5 Å². The van der Waals surface area contributed by atoms with Gasteiger partial charge < -0.3 is 0 Å². The van der Waals surface area contributed by atoms with Crippen molar-refractivity contribution in [2.24, 2.45) is 0 Å². The fourth-order valence-electron chi connectivity index (χ4n) is 0. The lowest BCUT2D eigenvalue weighted by molar-refractivity contribution is -0.102. The molecule has 0 heterocycles. The summed E-state index contributed by atoms with van der Waals surface area (Å²) in [6.07, 6.45) is 0.734. The van der Waals surface area contributed by atoms with Crippen molar-refractivity contribution in [2.45, 2.75) is 0 Å². The monoisotopic (exact) mass is 200 g/mol. The van der Waals surface area contributed by atoms with Gasteiger partial charge in [-0.05, 0) is 22.6 Å². The summed E-state index contributed by atoms with van der Waals surface area (Å²) < 4.78 is 0.600. The second-order valence-electron chi connectivity index (χ2n) is 0.466. The zero-order valence-electron chi connectivity index (χ0n) is 2.36. The van der Waals surface area contributed by atoms with Gasteiger partial charge in [-0.15, -0.1) is 8.86 Å². The quantitative estimate of drug-likeness (QED) is 0.349. The molecule has 5 heavy (non-hydrogen) atoms. The Hall–Kier alpha value is 0.570. The Kier molecular flexibility index (Phi) is 3.11. The van der Waals surface area contributed by atoms with E-state index in [1.807, 2.05) is 22.6 Å². The molecule has 0 amide bonds. The van der Waals surface area contributed by atoms with E-state index in [0.29, 0.717) is 3.30 Å². The fourth-order valence-corrected chi connectivity index (χ4v) is 0. The van der Waals surface area contributed by atoms with Gasteiger partial charge in [0, 0.05) is 0 Å². The summed E-state index contributed by atoms with van der Waals surface area (Å²) in [4.78, 5) is 9.41. The highest BCUT2D eigenvalue weighted by Crippen LogP contribution is 1.83. The Labute approximate surface area is 46.1 Å². The summed E-state index contributed by atoms with van der Waals surface area (Å²) in [5.74, 6) is 0. The summed E-state index contributed by atoms with van der Waals surface area (Å²) in [7, 11) is 2.95. The Balaban J connectivity index is 3.20. The molecule has 0 saturated carbocycles. The number of hydrogen-bond donors (Lipinski definition) is 0. The third-order valence-electron chi connectivity index (χ3n) is 0.103. The van der Waals surface area contributed by atoms with Gasteiger partial charge in [-0.1, -0.05) is 0 Å². The maximum Gasteiger partial charge on any atom is 0.160 e. The van der Waals surface area contributed by atoms with E-state index < -0.39 is 0 Å². The van der Waals surface area contributed by atoms with Gasteiger partial charge in [0.1, 0.15) is 0 Å². The summed E-state index contributed by atoms with van der Waals surface area (Å²) in [5.41, 5.74) is 0. The summed E-state index contributed by atoms with van der Waals surface area (Å²) in [5, 5.41) is 0. The number of halogens is 1. The van der Waals surface area contributed by atoms with Crippen LogP contribution in [0.5, 0.6) is 0 Å². The molecule has 0 aromatic heterocycles. The average molecular weight is 200 g/mol. The first-order chi connectivity index (χ1) is 2.27. The van der Waals surface area contributed by atoms with Crippen molar-refractivity contribution >= 4 is 41.0 Å². The van der Waals surface area contributed by atoms with Gasteiger partial charge >= 0.3 is 0 Å². The van der Waals surface area contributed by atoms with Crippen molar-refractivity contribution < 1.29 is 4.79 Å². The Bertz CT molecular complexity index is 60.7. The number of rotatable bonds is 1. The first kappa shape index (κ1) is 5.57. The molecule has 0 unspecified atom stereocenters. The molecule has 0 radical (unpaired) electrons. The lowest BCUT2D eigenvalue weighted by atomic mass is 10.9. The molecule has 0 saturated heterocycles. The van der Waals surface area contributed by atoms with E-state index in [2.05, 4.69) is 8.86 Å². The zero-order chi connectivity index (χ0) is 4.28. The van der Waals surface area contributed by atoms with Crippen molar-refractivity contribution in [1.82, 2.24) is 0 Å². The van der Waals surface area contributed by atoms with Crippen LogP contribution in [0.25, 0.3) is 0 Å². The molecule has 28 valence electrons. The summed E-state index contributed by atoms with van der Waals surface area (Å²) >= 11 is 1.87. The lowest BCUT2D eigenvalue weighted by Crippen LogP contribution is -1.73. The van der Waals surface area contributed by atoms with Gasteiger partial charge in [-0.25, -0.2) is 0 Å². The van der Waals surface area contributed by atoms with Crippen molar-refractivity contribution in [3.05, 3.63) is 0 Å². The first-order valence-corrected chi connectivity index (χ1v) is 2.54. The maximum atomic E-state index is 9.41. The van der Waals surface area contributed by atoms with Crippen molar-refractivity contribution in [1.29, 1.82) is 0 Å². The predicted octanol–water partition coefficient (Wildman–Crippen LogP) is 0.893. The Morgan fingerprint density at radius 3 is 2.20 bits per heavy atom. The van der Waals surface area contributed by atoms with E-state index in [0.717, 1.165) is 6.29 Å². The summed E-state index contributed by atoms with van der Waals surface area (Å²) in [6.45, 7) is 0. The van der Waals surface area contributed by atoms with E-state index in [-0.39, 0.29) is 0 Å². The molecule has 0 rings (SSSR count). The standard InChI is InChI=1S/C2H2IOP/c3-2(5)1-4/h1,5H. The lowest BCUT2D eigenvalue weighted by Gasteiger charge is -1.61. The largest absolute Gasteiger partial charge is 0.297 e. The van der Waals surface area contributed by atoms with Crippen LogP contribution in [0.2, 0.25) is 0 Å². The molecule has 0 N–H and O–H groups in total. The van der Waals surface area contributed by atoms with E-state index >= 15 is 0 Å². The van der Waals surface area contributed by atoms with Crippen LogP contribution in [0, 0.1) is 0 Å². The highest BCUT2D eigenvalue weighted by atomic mass is 127. The van der Waals surface area contributed by atoms with E-state index in [9.17, 15) is 4.79 Å². The second-order valence-corrected chi connectivity index (χ2v) is 3.18. The van der Waals surface area contributed by atoms with Gasteiger partial charge in [0.15, 0.2) is 6.29 Å². The van der Waals surface area contributed by atoms with Gasteiger partial charge in [-0.2, -0.15) is 0 Å². The molecule has 0 spiro atoms. The first-order valence-electron chi connectivity index (χ1n) is 0.963. The third kappa shape index (κ3) is 4.57. The molecule has 0 fully saturated rings. The summed E-state index contributed by atoms with van der Waals surface area (Å²) in [6, 6.07) is 0.